The van der Waals surface area contributed by atoms with Crippen molar-refractivity contribution in [3.63, 3.8) is 0 Å². The number of hydrogen-bond acceptors (Lipinski definition) is 3. The zero-order valence-electron chi connectivity index (χ0n) is 12.2. The van der Waals surface area contributed by atoms with Gasteiger partial charge in [0.15, 0.2) is 5.82 Å². The number of piperazine rings is 1. The highest BCUT2D eigenvalue weighted by Crippen LogP contribution is 2.23. The van der Waals surface area contributed by atoms with Crippen LogP contribution >= 0.6 is 24.0 Å². The van der Waals surface area contributed by atoms with Gasteiger partial charge in [0.2, 0.25) is 0 Å². The van der Waals surface area contributed by atoms with Crippen LogP contribution in [0.5, 0.6) is 0 Å². The second kappa shape index (κ2) is 7.59. The fourth-order valence-corrected chi connectivity index (χ4v) is 3.29. The van der Waals surface area contributed by atoms with Crippen LogP contribution in [0.25, 0.3) is 0 Å². The van der Waals surface area contributed by atoms with Crippen molar-refractivity contribution in [2.45, 2.75) is 12.5 Å². The maximum Gasteiger partial charge on any atom is 0.256 e. The number of carbonyl (C=O) groups is 1. The van der Waals surface area contributed by atoms with Gasteiger partial charge in [-0.05, 0) is 18.6 Å². The molecule has 2 heterocycles. The van der Waals surface area contributed by atoms with E-state index >= 15 is 0 Å². The summed E-state index contributed by atoms with van der Waals surface area (Å²) in [4.78, 5) is 16.6. The lowest BCUT2D eigenvalue weighted by molar-refractivity contribution is 0.0769. The van der Waals surface area contributed by atoms with Gasteiger partial charge in [0.1, 0.15) is 0 Å². The van der Waals surface area contributed by atoms with Crippen molar-refractivity contribution in [1.82, 2.24) is 15.1 Å². The van der Waals surface area contributed by atoms with Crippen molar-refractivity contribution < 1.29 is 9.18 Å². The number of carbonyl (C=O) groups excluding carboxylic acids is 1. The van der Waals surface area contributed by atoms with Gasteiger partial charge in [0.25, 0.3) is 5.91 Å². The Morgan fingerprint density at radius 1 is 1.27 bits per heavy atom. The summed E-state index contributed by atoms with van der Waals surface area (Å²) in [7, 11) is 0. The minimum absolute atomic E-state index is 0. The predicted molar refractivity (Wildman–Crippen MR) is 87.4 cm³/mol. The van der Waals surface area contributed by atoms with Gasteiger partial charge in [-0.1, -0.05) is 17.7 Å². The SMILES string of the molecule is Cl.O=C(c1cccc(Cl)c1F)N1CCC(N2CCNCC2)C1. The highest BCUT2D eigenvalue weighted by atomic mass is 35.5. The molecule has 122 valence electrons. The van der Waals surface area contributed by atoms with Crippen LogP contribution in [-0.2, 0) is 0 Å². The van der Waals surface area contributed by atoms with E-state index in [1.54, 1.807) is 11.0 Å². The quantitative estimate of drug-likeness (QED) is 0.888. The van der Waals surface area contributed by atoms with Gasteiger partial charge in [-0.25, -0.2) is 4.39 Å². The Labute approximate surface area is 141 Å². The zero-order valence-corrected chi connectivity index (χ0v) is 13.8. The summed E-state index contributed by atoms with van der Waals surface area (Å²) in [6.45, 7) is 5.36. The lowest BCUT2D eigenvalue weighted by Crippen LogP contribution is -2.49. The van der Waals surface area contributed by atoms with E-state index in [9.17, 15) is 9.18 Å². The first-order valence-electron chi connectivity index (χ1n) is 7.35. The van der Waals surface area contributed by atoms with Gasteiger partial charge in [-0.15, -0.1) is 12.4 Å². The molecule has 2 aliphatic heterocycles. The molecule has 0 saturated carbocycles. The lowest BCUT2D eigenvalue weighted by Gasteiger charge is -2.32. The van der Waals surface area contributed by atoms with E-state index in [4.69, 9.17) is 11.6 Å². The Morgan fingerprint density at radius 2 is 2.00 bits per heavy atom. The van der Waals surface area contributed by atoms with Crippen molar-refractivity contribution in [3.8, 4) is 0 Å². The van der Waals surface area contributed by atoms with Crippen LogP contribution in [0.3, 0.4) is 0 Å². The number of nitrogens with zero attached hydrogens (tertiary/aromatic N) is 2. The molecule has 1 aromatic rings. The van der Waals surface area contributed by atoms with Crippen LogP contribution in [0.2, 0.25) is 5.02 Å². The number of amides is 1. The molecule has 0 aromatic heterocycles. The molecule has 3 rings (SSSR count). The van der Waals surface area contributed by atoms with Crippen molar-refractivity contribution in [3.05, 3.63) is 34.6 Å². The maximum atomic E-state index is 14.0. The third-order valence-electron chi connectivity index (χ3n) is 4.30. The summed E-state index contributed by atoms with van der Waals surface area (Å²) in [6, 6.07) is 4.96. The molecule has 1 unspecified atom stereocenters. The van der Waals surface area contributed by atoms with Gasteiger partial charge in [-0.3, -0.25) is 9.69 Å². The Kier molecular flexibility index (Phi) is 6.03. The van der Waals surface area contributed by atoms with Crippen LogP contribution in [0, 0.1) is 5.82 Å². The highest BCUT2D eigenvalue weighted by molar-refractivity contribution is 6.31. The molecule has 1 N–H and O–H groups in total. The molecule has 0 aliphatic carbocycles. The third-order valence-corrected chi connectivity index (χ3v) is 4.59. The minimum atomic E-state index is -0.616. The number of benzene rings is 1. The first kappa shape index (κ1) is 17.5. The van der Waals surface area contributed by atoms with Crippen molar-refractivity contribution >= 4 is 29.9 Å². The molecule has 1 aromatic carbocycles. The van der Waals surface area contributed by atoms with Crippen LogP contribution in [0.4, 0.5) is 4.39 Å². The van der Waals surface area contributed by atoms with Gasteiger partial charge < -0.3 is 10.2 Å². The van der Waals surface area contributed by atoms with Gasteiger partial charge in [0, 0.05) is 45.3 Å². The molecule has 7 heteroatoms. The minimum Gasteiger partial charge on any atom is -0.337 e. The summed E-state index contributed by atoms with van der Waals surface area (Å²) in [5, 5.41) is 3.32. The lowest BCUT2D eigenvalue weighted by atomic mass is 10.2. The van der Waals surface area contributed by atoms with Crippen molar-refractivity contribution in [1.29, 1.82) is 0 Å². The van der Waals surface area contributed by atoms with E-state index in [1.165, 1.54) is 12.1 Å². The average molecular weight is 348 g/mol. The van der Waals surface area contributed by atoms with Gasteiger partial charge in [0.05, 0.1) is 10.6 Å². The summed E-state index contributed by atoms with van der Waals surface area (Å²) >= 11 is 5.75. The van der Waals surface area contributed by atoms with E-state index in [1.807, 2.05) is 0 Å². The van der Waals surface area contributed by atoms with E-state index in [2.05, 4.69) is 10.2 Å². The molecular formula is C15H20Cl2FN3O. The fourth-order valence-electron chi connectivity index (χ4n) is 3.11. The van der Waals surface area contributed by atoms with Gasteiger partial charge >= 0.3 is 0 Å². The fraction of sp³-hybridized carbons (Fsp3) is 0.533. The van der Waals surface area contributed by atoms with Crippen LogP contribution in [0.15, 0.2) is 18.2 Å². The van der Waals surface area contributed by atoms with Crippen molar-refractivity contribution in [2.75, 3.05) is 39.3 Å². The summed E-state index contributed by atoms with van der Waals surface area (Å²) in [5.74, 6) is -0.873. The molecule has 1 amide bonds. The van der Waals surface area contributed by atoms with Crippen LogP contribution in [-0.4, -0.2) is 61.0 Å². The Morgan fingerprint density at radius 3 is 2.73 bits per heavy atom. The second-order valence-corrected chi connectivity index (χ2v) is 5.99. The number of rotatable bonds is 2. The van der Waals surface area contributed by atoms with Crippen LogP contribution < -0.4 is 5.32 Å². The van der Waals surface area contributed by atoms with E-state index in [0.717, 1.165) is 32.6 Å². The molecule has 0 radical (unpaired) electrons. The normalized spacial score (nSPS) is 22.5. The zero-order chi connectivity index (χ0) is 14.8. The Bertz CT molecular complexity index is 538. The molecule has 2 aliphatic rings. The third kappa shape index (κ3) is 3.54. The van der Waals surface area contributed by atoms with E-state index < -0.39 is 5.82 Å². The number of hydrogen-bond donors (Lipinski definition) is 1. The first-order chi connectivity index (χ1) is 10.2. The number of halogens is 3. The monoisotopic (exact) mass is 347 g/mol. The molecule has 2 fully saturated rings. The number of likely N-dealkylation sites (tertiary alicyclic amines) is 1. The summed E-state index contributed by atoms with van der Waals surface area (Å²) < 4.78 is 14.0. The molecule has 2 saturated heterocycles. The molecule has 0 spiro atoms. The summed E-state index contributed by atoms with van der Waals surface area (Å²) in [5.41, 5.74) is 0.0726. The second-order valence-electron chi connectivity index (χ2n) is 5.58. The maximum absolute atomic E-state index is 14.0. The van der Waals surface area contributed by atoms with Crippen LogP contribution in [0.1, 0.15) is 16.8 Å². The Balaban J connectivity index is 0.00000176. The highest BCUT2D eigenvalue weighted by Gasteiger charge is 2.32. The predicted octanol–water partition coefficient (Wildman–Crippen LogP) is 2.02. The summed E-state index contributed by atoms with van der Waals surface area (Å²) in [6.07, 6.45) is 0.952. The average Bonchev–Trinajstić information content (AvgIpc) is 3.00. The number of nitrogens with one attached hydrogen (secondary N) is 1. The smallest absolute Gasteiger partial charge is 0.256 e. The van der Waals surface area contributed by atoms with E-state index in [-0.39, 0.29) is 28.9 Å². The molecular weight excluding hydrogens is 328 g/mol. The topological polar surface area (TPSA) is 35.6 Å². The van der Waals surface area contributed by atoms with E-state index in [0.29, 0.717) is 19.1 Å². The molecule has 1 atom stereocenters. The van der Waals surface area contributed by atoms with Crippen molar-refractivity contribution in [2.24, 2.45) is 0 Å². The Hall–Kier alpha value is -0.880. The first-order valence-corrected chi connectivity index (χ1v) is 7.72. The molecule has 0 bridgehead atoms. The molecule has 4 nitrogen and oxygen atoms in total. The van der Waals surface area contributed by atoms with Gasteiger partial charge in [-0.2, -0.15) is 0 Å². The standard InChI is InChI=1S/C15H19ClFN3O.ClH/c16-13-3-1-2-12(14(13)17)15(21)20-7-4-11(10-20)19-8-5-18-6-9-19;/h1-3,11,18H,4-10H2;1H. The largest absolute Gasteiger partial charge is 0.337 e. The molecule has 22 heavy (non-hydrogen) atoms.